The zero-order valence-corrected chi connectivity index (χ0v) is 11.9. The van der Waals surface area contributed by atoms with Crippen molar-refractivity contribution in [3.63, 3.8) is 0 Å². The normalized spacial score (nSPS) is 12.6. The van der Waals surface area contributed by atoms with Crippen molar-refractivity contribution in [3.8, 4) is 0 Å². The quantitative estimate of drug-likeness (QED) is 0.779. The number of pyridine rings is 1. The van der Waals surface area contributed by atoms with Crippen LogP contribution in [0.1, 0.15) is 6.92 Å². The first kappa shape index (κ1) is 12.3. The molecular formula is C9H11Br2ClN2. The molecule has 0 fully saturated rings. The Morgan fingerprint density at radius 2 is 2.29 bits per heavy atom. The van der Waals surface area contributed by atoms with Crippen LogP contribution in [0.4, 0.5) is 5.82 Å². The van der Waals surface area contributed by atoms with Gasteiger partial charge in [-0.2, -0.15) is 0 Å². The molecule has 1 rings (SSSR count). The molecule has 0 radical (unpaired) electrons. The summed E-state index contributed by atoms with van der Waals surface area (Å²) >= 11 is 12.7. The van der Waals surface area contributed by atoms with Crippen molar-refractivity contribution in [1.29, 1.82) is 0 Å². The van der Waals surface area contributed by atoms with Crippen molar-refractivity contribution < 1.29 is 0 Å². The summed E-state index contributed by atoms with van der Waals surface area (Å²) in [6.07, 6.45) is 1.65. The first-order chi connectivity index (χ1) is 6.56. The number of rotatable bonds is 3. The zero-order valence-electron chi connectivity index (χ0n) is 7.97. The first-order valence-corrected chi connectivity index (χ1v) is 6.45. The van der Waals surface area contributed by atoms with E-state index >= 15 is 0 Å². The maximum Gasteiger partial charge on any atom is 0.142 e. The number of anilines is 1. The molecule has 0 aliphatic carbocycles. The summed E-state index contributed by atoms with van der Waals surface area (Å²) in [6, 6.07) is 2.24. The average Bonchev–Trinajstić information content (AvgIpc) is 2.15. The number of alkyl halides is 1. The van der Waals surface area contributed by atoms with Gasteiger partial charge in [-0.3, -0.25) is 0 Å². The maximum absolute atomic E-state index is 5.81. The molecule has 0 spiro atoms. The van der Waals surface area contributed by atoms with Gasteiger partial charge in [-0.15, -0.1) is 0 Å². The highest BCUT2D eigenvalue weighted by molar-refractivity contribution is 9.10. The molecule has 0 aliphatic rings. The van der Waals surface area contributed by atoms with Crippen molar-refractivity contribution in [2.75, 3.05) is 17.3 Å². The van der Waals surface area contributed by atoms with Crippen LogP contribution >= 0.6 is 43.5 Å². The first-order valence-electron chi connectivity index (χ1n) is 4.16. The summed E-state index contributed by atoms with van der Waals surface area (Å²) in [6.45, 7) is 2.12. The maximum atomic E-state index is 5.81. The zero-order chi connectivity index (χ0) is 10.7. The lowest BCUT2D eigenvalue weighted by molar-refractivity contribution is 0.755. The summed E-state index contributed by atoms with van der Waals surface area (Å²) < 4.78 is 0.917. The predicted molar refractivity (Wildman–Crippen MR) is 68.6 cm³/mol. The molecule has 78 valence electrons. The third kappa shape index (κ3) is 2.84. The van der Waals surface area contributed by atoms with Crippen molar-refractivity contribution >= 4 is 49.3 Å². The highest BCUT2D eigenvalue weighted by Crippen LogP contribution is 2.26. The Hall–Kier alpha value is 0.200. The number of halogens is 3. The second-order valence-corrected chi connectivity index (χ2v) is 5.01. The molecule has 5 heteroatoms. The Labute approximate surface area is 106 Å². The summed E-state index contributed by atoms with van der Waals surface area (Å²) in [5.74, 6) is 0.904. The van der Waals surface area contributed by atoms with Crippen molar-refractivity contribution in [1.82, 2.24) is 4.98 Å². The van der Waals surface area contributed by atoms with Crippen molar-refractivity contribution in [2.24, 2.45) is 0 Å². The largest absolute Gasteiger partial charge is 0.355 e. The van der Waals surface area contributed by atoms with Crippen LogP contribution in [0.5, 0.6) is 0 Å². The van der Waals surface area contributed by atoms with E-state index in [2.05, 4.69) is 48.7 Å². The highest BCUT2D eigenvalue weighted by atomic mass is 79.9. The van der Waals surface area contributed by atoms with E-state index in [0.29, 0.717) is 11.1 Å². The molecule has 0 aliphatic heterocycles. The third-order valence-electron chi connectivity index (χ3n) is 2.01. The van der Waals surface area contributed by atoms with Gasteiger partial charge in [0.05, 0.1) is 9.50 Å². The molecule has 1 aromatic heterocycles. The molecule has 2 nitrogen and oxygen atoms in total. The van der Waals surface area contributed by atoms with Crippen LogP contribution in [-0.2, 0) is 0 Å². The van der Waals surface area contributed by atoms with E-state index in [9.17, 15) is 0 Å². The van der Waals surface area contributed by atoms with Crippen LogP contribution in [0, 0.1) is 0 Å². The van der Waals surface area contributed by atoms with Gasteiger partial charge in [0, 0.05) is 24.6 Å². The van der Waals surface area contributed by atoms with Crippen LogP contribution in [0.25, 0.3) is 0 Å². The molecule has 0 aromatic carbocycles. The summed E-state index contributed by atoms with van der Waals surface area (Å²) in [7, 11) is 2.01. The standard InChI is InChI=1S/C9H11Br2ClN2/c1-6(4-10)14(2)9-8(11)3-7(12)5-13-9/h3,5-6H,4H2,1-2H3. The number of hydrogen-bond acceptors (Lipinski definition) is 2. The van der Waals surface area contributed by atoms with Gasteiger partial charge in [0.2, 0.25) is 0 Å². The lowest BCUT2D eigenvalue weighted by Crippen LogP contribution is -2.30. The fourth-order valence-electron chi connectivity index (χ4n) is 0.979. The lowest BCUT2D eigenvalue weighted by atomic mass is 10.3. The predicted octanol–water partition coefficient (Wildman–Crippen LogP) is 3.72. The van der Waals surface area contributed by atoms with E-state index < -0.39 is 0 Å². The Kier molecular flexibility index (Phi) is 4.67. The Balaban J connectivity index is 2.95. The van der Waals surface area contributed by atoms with E-state index in [0.717, 1.165) is 15.6 Å². The van der Waals surface area contributed by atoms with Crippen LogP contribution in [0.15, 0.2) is 16.7 Å². The molecule has 14 heavy (non-hydrogen) atoms. The monoisotopic (exact) mass is 340 g/mol. The highest BCUT2D eigenvalue weighted by Gasteiger charge is 2.12. The fourth-order valence-corrected chi connectivity index (χ4v) is 2.33. The Morgan fingerprint density at radius 3 is 2.79 bits per heavy atom. The summed E-state index contributed by atoms with van der Waals surface area (Å²) in [5.41, 5.74) is 0. The minimum Gasteiger partial charge on any atom is -0.355 e. The molecule has 1 atom stereocenters. The number of hydrogen-bond donors (Lipinski definition) is 0. The minimum atomic E-state index is 0.389. The van der Waals surface area contributed by atoms with Crippen LogP contribution in [-0.4, -0.2) is 23.4 Å². The third-order valence-corrected chi connectivity index (χ3v) is 3.73. The Morgan fingerprint density at radius 1 is 1.64 bits per heavy atom. The molecule has 0 saturated heterocycles. The van der Waals surface area contributed by atoms with Crippen molar-refractivity contribution in [3.05, 3.63) is 21.8 Å². The SMILES string of the molecule is CC(CBr)N(C)c1ncc(Cl)cc1Br. The average molecular weight is 342 g/mol. The molecule has 1 heterocycles. The second-order valence-electron chi connectivity index (χ2n) is 3.07. The number of nitrogens with zero attached hydrogens (tertiary/aromatic N) is 2. The molecule has 0 saturated carbocycles. The topological polar surface area (TPSA) is 16.1 Å². The van der Waals surface area contributed by atoms with Crippen LogP contribution < -0.4 is 4.90 Å². The molecule has 0 bridgehead atoms. The van der Waals surface area contributed by atoms with E-state index in [1.165, 1.54) is 0 Å². The van der Waals surface area contributed by atoms with Gasteiger partial charge in [-0.25, -0.2) is 4.98 Å². The number of aromatic nitrogens is 1. The molecule has 1 aromatic rings. The van der Waals surface area contributed by atoms with Gasteiger partial charge in [-0.05, 0) is 28.9 Å². The van der Waals surface area contributed by atoms with Gasteiger partial charge in [-0.1, -0.05) is 27.5 Å². The van der Waals surface area contributed by atoms with E-state index in [-0.39, 0.29) is 0 Å². The second kappa shape index (κ2) is 5.33. The van der Waals surface area contributed by atoms with E-state index in [1.54, 1.807) is 6.20 Å². The summed E-state index contributed by atoms with van der Waals surface area (Å²) in [4.78, 5) is 6.37. The lowest BCUT2D eigenvalue weighted by Gasteiger charge is -2.25. The minimum absolute atomic E-state index is 0.389. The van der Waals surface area contributed by atoms with Gasteiger partial charge in [0.25, 0.3) is 0 Å². The molecule has 0 amide bonds. The van der Waals surface area contributed by atoms with E-state index in [4.69, 9.17) is 11.6 Å². The summed E-state index contributed by atoms with van der Waals surface area (Å²) in [5, 5.41) is 1.54. The van der Waals surface area contributed by atoms with Gasteiger partial charge in [0.1, 0.15) is 5.82 Å². The fraction of sp³-hybridized carbons (Fsp3) is 0.444. The molecule has 1 unspecified atom stereocenters. The van der Waals surface area contributed by atoms with Crippen molar-refractivity contribution in [2.45, 2.75) is 13.0 Å². The van der Waals surface area contributed by atoms with E-state index in [1.807, 2.05) is 13.1 Å². The van der Waals surface area contributed by atoms with Crippen LogP contribution in [0.3, 0.4) is 0 Å². The van der Waals surface area contributed by atoms with Gasteiger partial charge in [0.15, 0.2) is 0 Å². The van der Waals surface area contributed by atoms with Gasteiger partial charge >= 0.3 is 0 Å². The molecule has 0 N–H and O–H groups in total. The molecular weight excluding hydrogens is 331 g/mol. The van der Waals surface area contributed by atoms with Crippen LogP contribution in [0.2, 0.25) is 5.02 Å². The van der Waals surface area contributed by atoms with Gasteiger partial charge < -0.3 is 4.90 Å². The smallest absolute Gasteiger partial charge is 0.142 e. The Bertz CT molecular complexity index is 320.